The Morgan fingerprint density at radius 1 is 1.11 bits per heavy atom. The average molecular weight is 385 g/mol. The first kappa shape index (κ1) is 18.3. The predicted molar refractivity (Wildman–Crippen MR) is 110 cm³/mol. The molecule has 0 N–H and O–H groups in total. The summed E-state index contributed by atoms with van der Waals surface area (Å²) in [5.74, 6) is 1.06. The molecule has 0 radical (unpaired) electrons. The Balaban J connectivity index is 2.01. The van der Waals surface area contributed by atoms with Crippen LogP contribution >= 0.6 is 11.6 Å². The number of hydrogen-bond acceptors (Lipinski definition) is 4. The summed E-state index contributed by atoms with van der Waals surface area (Å²) in [6, 6.07) is 10.1. The molecule has 5 nitrogen and oxygen atoms in total. The van der Waals surface area contributed by atoms with E-state index in [9.17, 15) is 0 Å². The van der Waals surface area contributed by atoms with Crippen molar-refractivity contribution in [3.05, 3.63) is 46.7 Å². The molecule has 0 atom stereocenters. The van der Waals surface area contributed by atoms with Crippen molar-refractivity contribution in [1.82, 2.24) is 14.6 Å². The molecule has 1 aliphatic rings. The van der Waals surface area contributed by atoms with Gasteiger partial charge in [0, 0.05) is 35.2 Å². The molecule has 3 heterocycles. The maximum atomic E-state index is 6.51. The minimum Gasteiger partial charge on any atom is -0.378 e. The predicted octanol–water partition coefficient (Wildman–Crippen LogP) is 4.49. The van der Waals surface area contributed by atoms with Gasteiger partial charge in [0.25, 0.3) is 0 Å². The number of halogens is 1. The Kier molecular flexibility index (Phi) is 4.60. The van der Waals surface area contributed by atoms with Crippen LogP contribution in [0.25, 0.3) is 16.8 Å². The third-order valence-corrected chi connectivity index (χ3v) is 5.32. The molecule has 2 aromatic heterocycles. The number of fused-ring (bicyclic) bond motifs is 1. The standard InChI is InChI=1S/C21H25ClN4O/c1-14-19(15-7-5-6-8-16(15)22)20-23-17(21(2,3)4)13-18(26(20)24-14)25-9-11-27-12-10-25/h5-8,13H,9-12H2,1-4H3. The molecule has 1 aliphatic heterocycles. The molecule has 0 amide bonds. The third kappa shape index (κ3) is 3.30. The Morgan fingerprint density at radius 3 is 2.48 bits per heavy atom. The van der Waals surface area contributed by atoms with Gasteiger partial charge in [-0.15, -0.1) is 0 Å². The minimum atomic E-state index is -0.0707. The molecular weight excluding hydrogens is 360 g/mol. The van der Waals surface area contributed by atoms with Crippen LogP contribution in [0.5, 0.6) is 0 Å². The molecular formula is C21H25ClN4O. The monoisotopic (exact) mass is 384 g/mol. The Hall–Kier alpha value is -2.11. The number of aromatic nitrogens is 3. The van der Waals surface area contributed by atoms with Crippen molar-refractivity contribution in [3.8, 4) is 11.1 Å². The topological polar surface area (TPSA) is 42.7 Å². The van der Waals surface area contributed by atoms with Crippen LogP contribution in [-0.4, -0.2) is 40.9 Å². The highest BCUT2D eigenvalue weighted by atomic mass is 35.5. The highest BCUT2D eigenvalue weighted by molar-refractivity contribution is 6.33. The first-order valence-electron chi connectivity index (χ1n) is 9.35. The van der Waals surface area contributed by atoms with E-state index in [4.69, 9.17) is 26.4 Å². The smallest absolute Gasteiger partial charge is 0.165 e. The fourth-order valence-corrected chi connectivity index (χ4v) is 3.72. The summed E-state index contributed by atoms with van der Waals surface area (Å²) in [5, 5.41) is 5.56. The maximum Gasteiger partial charge on any atom is 0.165 e. The van der Waals surface area contributed by atoms with Gasteiger partial charge in [-0.05, 0) is 13.0 Å². The molecule has 3 aromatic rings. The largest absolute Gasteiger partial charge is 0.378 e. The van der Waals surface area contributed by atoms with Crippen molar-refractivity contribution in [3.63, 3.8) is 0 Å². The fourth-order valence-electron chi connectivity index (χ4n) is 3.49. The van der Waals surface area contributed by atoms with Gasteiger partial charge in [-0.1, -0.05) is 50.6 Å². The maximum absolute atomic E-state index is 6.51. The van der Waals surface area contributed by atoms with Crippen LogP contribution in [0.1, 0.15) is 32.2 Å². The van der Waals surface area contributed by atoms with Gasteiger partial charge in [-0.3, -0.25) is 0 Å². The lowest BCUT2D eigenvalue weighted by Gasteiger charge is -2.30. The number of nitrogens with zero attached hydrogens (tertiary/aromatic N) is 4. The van der Waals surface area contributed by atoms with Gasteiger partial charge >= 0.3 is 0 Å². The fraction of sp³-hybridized carbons (Fsp3) is 0.429. The van der Waals surface area contributed by atoms with Gasteiger partial charge in [-0.25, -0.2) is 4.98 Å². The SMILES string of the molecule is Cc1nn2c(N3CCOCC3)cc(C(C)(C)C)nc2c1-c1ccccc1Cl. The van der Waals surface area contributed by atoms with Crippen LogP contribution < -0.4 is 4.90 Å². The van der Waals surface area contributed by atoms with E-state index in [1.165, 1.54) is 0 Å². The summed E-state index contributed by atoms with van der Waals surface area (Å²) in [5.41, 5.74) is 4.73. The van der Waals surface area contributed by atoms with Crippen molar-refractivity contribution in [1.29, 1.82) is 0 Å². The summed E-state index contributed by atoms with van der Waals surface area (Å²) in [7, 11) is 0. The zero-order valence-electron chi connectivity index (χ0n) is 16.3. The van der Waals surface area contributed by atoms with Crippen molar-refractivity contribution in [2.75, 3.05) is 31.2 Å². The van der Waals surface area contributed by atoms with Gasteiger partial charge in [0.2, 0.25) is 0 Å². The highest BCUT2D eigenvalue weighted by Crippen LogP contribution is 2.36. The van der Waals surface area contributed by atoms with Crippen LogP contribution in [0.15, 0.2) is 30.3 Å². The van der Waals surface area contributed by atoms with E-state index in [-0.39, 0.29) is 5.41 Å². The van der Waals surface area contributed by atoms with E-state index in [1.54, 1.807) is 0 Å². The van der Waals surface area contributed by atoms with Gasteiger partial charge in [-0.2, -0.15) is 9.61 Å². The summed E-state index contributed by atoms with van der Waals surface area (Å²) in [6.07, 6.45) is 0. The second kappa shape index (κ2) is 6.80. The normalized spacial score (nSPS) is 15.5. The van der Waals surface area contributed by atoms with Crippen molar-refractivity contribution in [2.45, 2.75) is 33.1 Å². The van der Waals surface area contributed by atoms with E-state index in [0.717, 1.165) is 60.3 Å². The highest BCUT2D eigenvalue weighted by Gasteiger charge is 2.25. The summed E-state index contributed by atoms with van der Waals surface area (Å²) >= 11 is 6.51. The summed E-state index contributed by atoms with van der Waals surface area (Å²) < 4.78 is 7.51. The number of rotatable bonds is 2. The molecule has 1 fully saturated rings. The number of morpholine rings is 1. The van der Waals surface area contributed by atoms with Crippen LogP contribution in [-0.2, 0) is 10.2 Å². The van der Waals surface area contributed by atoms with Gasteiger partial charge in [0.05, 0.1) is 30.2 Å². The Labute approximate surface area is 164 Å². The average Bonchev–Trinajstić information content (AvgIpc) is 2.97. The number of ether oxygens (including phenoxy) is 1. The molecule has 6 heteroatoms. The molecule has 0 aliphatic carbocycles. The number of anilines is 1. The molecule has 142 valence electrons. The molecule has 0 spiro atoms. The van der Waals surface area contributed by atoms with E-state index < -0.39 is 0 Å². The Morgan fingerprint density at radius 2 is 1.81 bits per heavy atom. The molecule has 27 heavy (non-hydrogen) atoms. The molecule has 4 rings (SSSR count). The van der Waals surface area contributed by atoms with Gasteiger partial charge in [0.1, 0.15) is 5.82 Å². The van der Waals surface area contributed by atoms with Crippen LogP contribution in [0.4, 0.5) is 5.82 Å². The first-order valence-corrected chi connectivity index (χ1v) is 9.72. The van der Waals surface area contributed by atoms with Crippen molar-refractivity contribution < 1.29 is 4.74 Å². The molecule has 0 unspecified atom stereocenters. The quantitative estimate of drug-likeness (QED) is 0.652. The lowest BCUT2D eigenvalue weighted by atomic mass is 9.91. The van der Waals surface area contributed by atoms with E-state index in [0.29, 0.717) is 5.02 Å². The first-order chi connectivity index (χ1) is 12.9. The van der Waals surface area contributed by atoms with Gasteiger partial charge < -0.3 is 9.64 Å². The molecule has 1 aromatic carbocycles. The van der Waals surface area contributed by atoms with Gasteiger partial charge in [0.15, 0.2) is 5.65 Å². The van der Waals surface area contributed by atoms with E-state index >= 15 is 0 Å². The molecule has 1 saturated heterocycles. The zero-order chi connectivity index (χ0) is 19.2. The van der Waals surface area contributed by atoms with Crippen molar-refractivity contribution >= 4 is 23.1 Å². The second-order valence-electron chi connectivity index (χ2n) is 8.02. The Bertz CT molecular complexity index is 984. The minimum absolute atomic E-state index is 0.0707. The number of benzene rings is 1. The summed E-state index contributed by atoms with van der Waals surface area (Å²) in [4.78, 5) is 7.35. The zero-order valence-corrected chi connectivity index (χ0v) is 17.0. The van der Waals surface area contributed by atoms with Crippen LogP contribution in [0.3, 0.4) is 0 Å². The van der Waals surface area contributed by atoms with E-state index in [2.05, 4.69) is 31.7 Å². The summed E-state index contributed by atoms with van der Waals surface area (Å²) in [6.45, 7) is 11.7. The lowest BCUT2D eigenvalue weighted by Crippen LogP contribution is -2.37. The van der Waals surface area contributed by atoms with Crippen LogP contribution in [0.2, 0.25) is 5.02 Å². The lowest BCUT2D eigenvalue weighted by molar-refractivity contribution is 0.122. The molecule has 0 bridgehead atoms. The number of aryl methyl sites for hydroxylation is 1. The van der Waals surface area contributed by atoms with Crippen LogP contribution in [0, 0.1) is 6.92 Å². The third-order valence-electron chi connectivity index (χ3n) is 4.99. The molecule has 0 saturated carbocycles. The van der Waals surface area contributed by atoms with Crippen molar-refractivity contribution in [2.24, 2.45) is 0 Å². The second-order valence-corrected chi connectivity index (χ2v) is 8.43. The number of hydrogen-bond donors (Lipinski definition) is 0. The van der Waals surface area contributed by atoms with E-state index in [1.807, 2.05) is 35.7 Å².